The first-order chi connectivity index (χ1) is 62.9. The second-order valence-corrected chi connectivity index (χ2v) is 31.6. The quantitative estimate of drug-likeness (QED) is 0.0280. The van der Waals surface area contributed by atoms with Gasteiger partial charge in [0.05, 0.1) is 117 Å². The Morgan fingerprint density at radius 3 is 0.752 bits per heavy atom. The summed E-state index contributed by atoms with van der Waals surface area (Å²) in [6.45, 7) is -9.71. The van der Waals surface area contributed by atoms with Crippen molar-refractivity contribution >= 4 is 34.9 Å². The molecule has 0 fully saturated rings. The Labute approximate surface area is 758 Å². The van der Waals surface area contributed by atoms with Gasteiger partial charge in [0.1, 0.15) is 46.1 Å². The molecule has 56 heteroatoms. The van der Waals surface area contributed by atoms with Gasteiger partial charge in [0.25, 0.3) is 77.0 Å². The van der Waals surface area contributed by atoms with Gasteiger partial charge in [-0.15, -0.1) is 0 Å². The fourth-order valence-corrected chi connectivity index (χ4v) is 12.3. The van der Waals surface area contributed by atoms with Crippen molar-refractivity contribution in [3.63, 3.8) is 0 Å². The summed E-state index contributed by atoms with van der Waals surface area (Å²) in [5.74, 6) is -65.9. The number of halogens is 38. The van der Waals surface area contributed by atoms with E-state index in [1.165, 1.54) is 36.4 Å². The van der Waals surface area contributed by atoms with E-state index < -0.39 is 392 Å². The van der Waals surface area contributed by atoms with E-state index in [0.29, 0.717) is 0 Å². The van der Waals surface area contributed by atoms with Crippen LogP contribution in [0.3, 0.4) is 0 Å². The van der Waals surface area contributed by atoms with Crippen LogP contribution in [0.1, 0.15) is 155 Å². The topological polar surface area (TPSA) is 186 Å². The zero-order chi connectivity index (χ0) is 103. The van der Waals surface area contributed by atoms with Crippen LogP contribution in [0.25, 0.3) is 0 Å². The minimum absolute atomic E-state index is 0.0741. The van der Waals surface area contributed by atoms with Gasteiger partial charge >= 0.3 is 18.3 Å². The van der Waals surface area contributed by atoms with Crippen molar-refractivity contribution < 1.29 is 224 Å². The highest BCUT2D eigenvalue weighted by molar-refractivity contribution is 5.66. The highest BCUT2D eigenvalue weighted by Gasteiger charge is 2.63. The molecule has 0 aliphatic rings. The lowest BCUT2D eigenvalue weighted by atomic mass is 10.0. The average molecular weight is 2070 g/mol. The SMILES string of the molecule is CCC(F)(F)CC(F)(F)CCCOCCOc1cc(Nc2nc(Nc3ccc(OCCOCCCC(F)(F)CC(F)(F)CC(F)(F)F)c(OCCOCCCC(F)(F)CC(F)(F)CC(F)F)c3)nc(Nc3ccc(OCCOCCC(F)(F)CC(F)(F)CC(C)(F)F)c(OCCOCCC(F)(F)CC(F)(F)CC(F)(F)C(F)(F)F)c3)n2)ccc1OCCOCCCC(F)(F)CC(F)(F)CC(F)F. The summed E-state index contributed by atoms with van der Waals surface area (Å²) in [4.78, 5) is 13.1. The molecule has 0 amide bonds. The van der Waals surface area contributed by atoms with Gasteiger partial charge in [0.15, 0.2) is 34.5 Å². The largest absolute Gasteiger partial charge is 0.487 e. The minimum Gasteiger partial charge on any atom is -0.487 e. The number of anilines is 6. The number of aromatic nitrogens is 3. The molecular formula is C81H100F38N6O12. The first-order valence-corrected chi connectivity index (χ1v) is 41.6. The molecule has 18 nitrogen and oxygen atoms in total. The minimum atomic E-state index is -6.54. The van der Waals surface area contributed by atoms with Gasteiger partial charge in [-0.2, -0.15) is 50.1 Å². The van der Waals surface area contributed by atoms with Crippen molar-refractivity contribution in [2.45, 2.75) is 263 Å². The Balaban J connectivity index is 1.81. The summed E-state index contributed by atoms with van der Waals surface area (Å²) in [7, 11) is 0. The molecule has 0 aliphatic carbocycles. The molecule has 3 N–H and O–H groups in total. The summed E-state index contributed by atoms with van der Waals surface area (Å²) in [5, 5.41) is 8.38. The molecule has 0 radical (unpaired) electrons. The van der Waals surface area contributed by atoms with Crippen molar-refractivity contribution in [3.05, 3.63) is 54.6 Å². The van der Waals surface area contributed by atoms with Crippen LogP contribution in [0.15, 0.2) is 54.6 Å². The maximum atomic E-state index is 14.7. The van der Waals surface area contributed by atoms with E-state index in [0.717, 1.165) is 25.1 Å². The van der Waals surface area contributed by atoms with Gasteiger partial charge < -0.3 is 72.8 Å². The normalized spacial score (nSPS) is 13.7. The van der Waals surface area contributed by atoms with E-state index >= 15 is 0 Å². The number of benzene rings is 3. The van der Waals surface area contributed by atoms with Gasteiger partial charge in [-0.25, -0.2) is 132 Å². The molecule has 0 atom stereocenters. The molecular weight excluding hydrogens is 1970 g/mol. The first-order valence-electron chi connectivity index (χ1n) is 41.6. The Bertz CT molecular complexity index is 4120. The molecule has 1 aromatic heterocycles. The molecule has 0 saturated heterocycles. The molecule has 0 saturated carbocycles. The Hall–Kier alpha value is -8.03. The highest BCUT2D eigenvalue weighted by atomic mass is 19.4. The van der Waals surface area contributed by atoms with E-state index in [1.54, 1.807) is 0 Å². The number of nitrogens with zero attached hydrogens (tertiary/aromatic N) is 3. The third kappa shape index (κ3) is 53.4. The van der Waals surface area contributed by atoms with Crippen LogP contribution in [-0.4, -0.2) is 242 Å². The van der Waals surface area contributed by atoms with E-state index in [1.807, 2.05) is 0 Å². The smallest absolute Gasteiger partial charge is 0.453 e. The fourth-order valence-electron chi connectivity index (χ4n) is 12.3. The van der Waals surface area contributed by atoms with Crippen molar-refractivity contribution in [2.75, 3.05) is 135 Å². The van der Waals surface area contributed by atoms with E-state index in [9.17, 15) is 167 Å². The monoisotopic (exact) mass is 2070 g/mol. The molecule has 0 aliphatic heterocycles. The van der Waals surface area contributed by atoms with Crippen molar-refractivity contribution in [2.24, 2.45) is 0 Å². The van der Waals surface area contributed by atoms with E-state index in [-0.39, 0.29) is 52.7 Å². The summed E-state index contributed by atoms with van der Waals surface area (Å²) >= 11 is 0. The lowest BCUT2D eigenvalue weighted by molar-refractivity contribution is -0.304. The van der Waals surface area contributed by atoms with Gasteiger partial charge in [-0.3, -0.25) is 0 Å². The number of hydrogen-bond acceptors (Lipinski definition) is 18. The fraction of sp³-hybridized carbons (Fsp3) is 0.741. The van der Waals surface area contributed by atoms with Crippen molar-refractivity contribution in [1.29, 1.82) is 0 Å². The van der Waals surface area contributed by atoms with Crippen molar-refractivity contribution in [1.82, 2.24) is 15.0 Å². The van der Waals surface area contributed by atoms with Crippen LogP contribution in [0.2, 0.25) is 0 Å². The van der Waals surface area contributed by atoms with E-state index in [4.69, 9.17) is 56.8 Å². The maximum absolute atomic E-state index is 14.7. The molecule has 0 spiro atoms. The lowest BCUT2D eigenvalue weighted by Crippen LogP contribution is -2.43. The predicted octanol–water partition coefficient (Wildman–Crippen LogP) is 26.6. The Kier molecular flexibility index (Phi) is 47.1. The van der Waals surface area contributed by atoms with Gasteiger partial charge in [-0.05, 0) is 69.0 Å². The average Bonchev–Trinajstić information content (AvgIpc) is 0.807. The predicted molar refractivity (Wildman–Crippen MR) is 413 cm³/mol. The number of alkyl halides is 38. The number of rotatable bonds is 74. The zero-order valence-corrected chi connectivity index (χ0v) is 72.7. The molecule has 3 aromatic carbocycles. The number of ether oxygens (including phenoxy) is 12. The highest BCUT2D eigenvalue weighted by Crippen LogP contribution is 2.49. The summed E-state index contributed by atoms with van der Waals surface area (Å²) in [5.41, 5.74) is -0.351. The molecule has 1 heterocycles. The maximum Gasteiger partial charge on any atom is 0.453 e. The molecule has 0 unspecified atom stereocenters. The second-order valence-electron chi connectivity index (χ2n) is 31.6. The molecule has 4 rings (SSSR count). The molecule has 0 bridgehead atoms. The summed E-state index contributed by atoms with van der Waals surface area (Å²) in [6, 6.07) is 10.5. The number of hydrogen-bond donors (Lipinski definition) is 3. The van der Waals surface area contributed by atoms with Gasteiger partial charge in [0.2, 0.25) is 30.7 Å². The van der Waals surface area contributed by atoms with Crippen LogP contribution in [-0.2, 0) is 28.4 Å². The van der Waals surface area contributed by atoms with Crippen LogP contribution in [0.4, 0.5) is 202 Å². The van der Waals surface area contributed by atoms with Crippen LogP contribution in [0, 0.1) is 0 Å². The van der Waals surface area contributed by atoms with Crippen molar-refractivity contribution in [3.8, 4) is 34.5 Å². The molecule has 4 aromatic rings. The summed E-state index contributed by atoms with van der Waals surface area (Å²) in [6.07, 6.45) is -56.8. The van der Waals surface area contributed by atoms with Gasteiger partial charge in [0, 0.05) is 107 Å². The lowest BCUT2D eigenvalue weighted by Gasteiger charge is -2.27. The third-order valence-electron chi connectivity index (χ3n) is 18.1. The molecule has 792 valence electrons. The number of nitrogens with one attached hydrogen (secondary N) is 3. The van der Waals surface area contributed by atoms with Crippen LogP contribution < -0.4 is 44.4 Å². The standard InChI is InChI=1S/C81H100F38N6O12/c1-3-67(88,89)44-68(90,91)14-4-20-128-28-35-135-58-38-52(8-11-55(58)132-32-26-126-21-5-15-69(92,93)45-74(102,103)41-61(82)83)120-63-123-64(121-53-9-12-56(133-33-27-127-23-7-17-71(96,97)47-78(110,111)51-80(114,115)116)59(39-53)136-36-29-129-22-6-16-70(94,95)46-75(104,105)42-62(84)85)125-65(124-63)122-54-10-13-57(134-34-30-130-24-18-72(98,99)48-76(106,107)43-66(2,86)87)60(40-54)137-37-31-131-25-19-73(100,101)49-77(108,109)50-79(112,113)81(117,118)119/h8-13,38-40,61-62H,3-7,14-37,41-51H2,1-2H3,(H3,120,121,122,123,124,125). The second kappa shape index (κ2) is 53.2. The first kappa shape index (κ1) is 121. The summed E-state index contributed by atoms with van der Waals surface area (Å²) < 4.78 is 588. The van der Waals surface area contributed by atoms with Gasteiger partial charge in [-0.1, -0.05) is 6.92 Å². The zero-order valence-electron chi connectivity index (χ0n) is 72.7. The molecule has 137 heavy (non-hydrogen) atoms. The van der Waals surface area contributed by atoms with Crippen LogP contribution >= 0.6 is 0 Å². The van der Waals surface area contributed by atoms with E-state index in [2.05, 4.69) is 30.9 Å². The third-order valence-corrected chi connectivity index (χ3v) is 18.1. The Morgan fingerprint density at radius 1 is 0.255 bits per heavy atom. The Morgan fingerprint density at radius 2 is 0.496 bits per heavy atom. The van der Waals surface area contributed by atoms with Crippen LogP contribution in [0.5, 0.6) is 34.5 Å².